The summed E-state index contributed by atoms with van der Waals surface area (Å²) in [6.07, 6.45) is -0.854. The van der Waals surface area contributed by atoms with E-state index in [0.29, 0.717) is 22.6 Å². The van der Waals surface area contributed by atoms with Crippen molar-refractivity contribution in [1.29, 1.82) is 0 Å². The molecule has 29 heavy (non-hydrogen) atoms. The van der Waals surface area contributed by atoms with Crippen LogP contribution in [0.4, 0.5) is 0 Å². The molecule has 1 saturated heterocycles. The first kappa shape index (κ1) is 20.4. The highest BCUT2D eigenvalue weighted by Gasteiger charge is 2.46. The molecule has 0 radical (unpaired) electrons. The van der Waals surface area contributed by atoms with Gasteiger partial charge in [0.15, 0.2) is 11.5 Å². The van der Waals surface area contributed by atoms with Crippen molar-refractivity contribution in [3.63, 3.8) is 0 Å². The van der Waals surface area contributed by atoms with Gasteiger partial charge in [0.2, 0.25) is 0 Å². The van der Waals surface area contributed by atoms with E-state index >= 15 is 0 Å². The predicted molar refractivity (Wildman–Crippen MR) is 107 cm³/mol. The van der Waals surface area contributed by atoms with Crippen molar-refractivity contribution in [1.82, 2.24) is 4.90 Å². The zero-order valence-corrected chi connectivity index (χ0v) is 16.5. The van der Waals surface area contributed by atoms with Crippen LogP contribution in [-0.2, 0) is 9.59 Å². The van der Waals surface area contributed by atoms with Crippen LogP contribution in [0.15, 0.2) is 54.1 Å². The van der Waals surface area contributed by atoms with E-state index in [0.717, 1.165) is 0 Å². The Labute approximate surface area is 168 Å². The van der Waals surface area contributed by atoms with E-state index in [4.69, 9.17) is 9.47 Å². The summed E-state index contributed by atoms with van der Waals surface area (Å²) in [6.45, 7) is 1.47. The van der Waals surface area contributed by atoms with Crippen LogP contribution in [-0.4, -0.2) is 53.7 Å². The molecule has 0 aromatic heterocycles. The summed E-state index contributed by atoms with van der Waals surface area (Å²) < 4.78 is 10.6. The number of β-amino-alcohol motifs (C(OH)–C–C–N with tert-alkyl or cyclic N) is 1. The van der Waals surface area contributed by atoms with Crippen molar-refractivity contribution in [3.8, 4) is 11.5 Å². The third kappa shape index (κ3) is 3.82. The molecular formula is C22H23NO6. The Balaban J connectivity index is 2.21. The molecule has 0 saturated carbocycles. The van der Waals surface area contributed by atoms with Gasteiger partial charge in [0.1, 0.15) is 5.76 Å². The monoisotopic (exact) mass is 397 g/mol. The molecule has 0 spiro atoms. The molecule has 0 bridgehead atoms. The molecule has 0 aliphatic carbocycles. The molecule has 2 aromatic carbocycles. The molecule has 1 heterocycles. The van der Waals surface area contributed by atoms with Crippen LogP contribution < -0.4 is 9.47 Å². The second kappa shape index (κ2) is 8.36. The van der Waals surface area contributed by atoms with Crippen molar-refractivity contribution in [2.75, 3.05) is 20.8 Å². The number of nitrogens with zero attached hydrogens (tertiary/aromatic N) is 1. The number of hydrogen-bond donors (Lipinski definition) is 2. The highest BCUT2D eigenvalue weighted by atomic mass is 16.5. The van der Waals surface area contributed by atoms with Crippen LogP contribution in [0.2, 0.25) is 0 Å². The normalized spacial score (nSPS) is 19.3. The molecule has 2 N–H and O–H groups in total. The van der Waals surface area contributed by atoms with Gasteiger partial charge >= 0.3 is 0 Å². The van der Waals surface area contributed by atoms with Crippen LogP contribution in [0.3, 0.4) is 0 Å². The lowest BCUT2D eigenvalue weighted by atomic mass is 9.95. The van der Waals surface area contributed by atoms with Crippen molar-refractivity contribution < 1.29 is 29.3 Å². The lowest BCUT2D eigenvalue weighted by molar-refractivity contribution is -0.140. The molecule has 1 aliphatic heterocycles. The lowest BCUT2D eigenvalue weighted by Gasteiger charge is -2.27. The Hall–Kier alpha value is -3.32. The zero-order chi connectivity index (χ0) is 21.1. The maximum absolute atomic E-state index is 12.8. The topological polar surface area (TPSA) is 96.3 Å². The van der Waals surface area contributed by atoms with E-state index in [9.17, 15) is 19.8 Å². The number of rotatable bonds is 6. The van der Waals surface area contributed by atoms with E-state index in [1.807, 2.05) is 0 Å². The predicted octanol–water partition coefficient (Wildman–Crippen LogP) is 2.51. The second-order valence-electron chi connectivity index (χ2n) is 6.78. The van der Waals surface area contributed by atoms with Crippen molar-refractivity contribution in [2.45, 2.75) is 19.1 Å². The number of carbonyl (C=O) groups excluding carboxylic acids is 2. The lowest BCUT2D eigenvalue weighted by Crippen LogP contribution is -2.35. The minimum absolute atomic E-state index is 0.0333. The number of aliphatic hydroxyl groups is 2. The van der Waals surface area contributed by atoms with Gasteiger partial charge < -0.3 is 24.6 Å². The van der Waals surface area contributed by atoms with Gasteiger partial charge in [-0.15, -0.1) is 0 Å². The Bertz CT molecular complexity index is 951. The summed E-state index contributed by atoms with van der Waals surface area (Å²) >= 11 is 0. The molecule has 2 atom stereocenters. The number of hydrogen-bond acceptors (Lipinski definition) is 6. The average Bonchev–Trinajstić information content (AvgIpc) is 2.97. The number of aliphatic hydroxyl groups excluding tert-OH is 2. The number of likely N-dealkylation sites (tertiary alicyclic amines) is 1. The molecule has 7 heteroatoms. The molecular weight excluding hydrogens is 374 g/mol. The minimum Gasteiger partial charge on any atom is -0.507 e. The van der Waals surface area contributed by atoms with Crippen LogP contribution in [0.25, 0.3) is 5.76 Å². The molecule has 0 unspecified atom stereocenters. The Morgan fingerprint density at radius 3 is 2.31 bits per heavy atom. The van der Waals surface area contributed by atoms with Crippen molar-refractivity contribution in [2.24, 2.45) is 0 Å². The Morgan fingerprint density at radius 1 is 1.07 bits per heavy atom. The maximum Gasteiger partial charge on any atom is 0.295 e. The number of Topliss-reactive ketones (excluding diaryl/α,β-unsaturated/α-hetero) is 1. The fourth-order valence-electron chi connectivity index (χ4n) is 3.47. The van der Waals surface area contributed by atoms with Crippen LogP contribution in [0.1, 0.15) is 24.1 Å². The van der Waals surface area contributed by atoms with Crippen LogP contribution in [0.5, 0.6) is 11.5 Å². The van der Waals surface area contributed by atoms with E-state index in [1.165, 1.54) is 26.0 Å². The smallest absolute Gasteiger partial charge is 0.295 e. The van der Waals surface area contributed by atoms with E-state index in [2.05, 4.69) is 0 Å². The zero-order valence-electron chi connectivity index (χ0n) is 16.5. The van der Waals surface area contributed by atoms with Gasteiger partial charge in [-0.05, 0) is 24.6 Å². The summed E-state index contributed by atoms with van der Waals surface area (Å²) in [6, 6.07) is 12.7. The molecule has 152 valence electrons. The van der Waals surface area contributed by atoms with Gasteiger partial charge in [-0.3, -0.25) is 9.59 Å². The summed E-state index contributed by atoms with van der Waals surface area (Å²) in [7, 11) is 2.99. The Morgan fingerprint density at radius 2 is 1.72 bits per heavy atom. The van der Waals surface area contributed by atoms with Gasteiger partial charge in [-0.2, -0.15) is 0 Å². The third-order valence-electron chi connectivity index (χ3n) is 4.77. The SMILES string of the molecule is COc1ccc([C@H]2C(=C(O)c3ccccc3)C(=O)C(=O)N2C[C@H](C)O)cc1OC. The van der Waals surface area contributed by atoms with Crippen molar-refractivity contribution in [3.05, 3.63) is 65.2 Å². The Kier molecular flexibility index (Phi) is 5.89. The minimum atomic E-state index is -0.871. The summed E-state index contributed by atoms with van der Waals surface area (Å²) in [4.78, 5) is 26.8. The fourth-order valence-corrected chi connectivity index (χ4v) is 3.47. The first-order valence-electron chi connectivity index (χ1n) is 9.12. The number of amides is 1. The summed E-state index contributed by atoms with van der Waals surface area (Å²) in [5.74, 6) is -0.925. The molecule has 3 rings (SSSR count). The largest absolute Gasteiger partial charge is 0.507 e. The standard InChI is InChI=1S/C22H23NO6/c1-13(24)12-23-19(15-9-10-16(28-2)17(11-15)29-3)18(21(26)22(23)27)20(25)14-7-5-4-6-8-14/h4-11,13,19,24-25H,12H2,1-3H3/t13-,19-/m0/s1. The maximum atomic E-state index is 12.8. The summed E-state index contributed by atoms with van der Waals surface area (Å²) in [5.41, 5.74) is 0.946. The van der Waals surface area contributed by atoms with Crippen LogP contribution in [0, 0.1) is 0 Å². The fraction of sp³-hybridized carbons (Fsp3) is 0.273. The quantitative estimate of drug-likeness (QED) is 0.442. The first-order valence-corrected chi connectivity index (χ1v) is 9.12. The van der Waals surface area contributed by atoms with Crippen molar-refractivity contribution >= 4 is 17.4 Å². The van der Waals surface area contributed by atoms with Gasteiger partial charge in [0.05, 0.1) is 31.9 Å². The molecule has 1 aliphatic rings. The molecule has 7 nitrogen and oxygen atoms in total. The third-order valence-corrected chi connectivity index (χ3v) is 4.77. The van der Waals surface area contributed by atoms with E-state index in [-0.39, 0.29) is 17.9 Å². The molecule has 2 aromatic rings. The second-order valence-corrected chi connectivity index (χ2v) is 6.78. The summed E-state index contributed by atoms with van der Waals surface area (Å²) in [5, 5.41) is 20.8. The van der Waals surface area contributed by atoms with E-state index in [1.54, 1.807) is 48.5 Å². The number of carbonyl (C=O) groups is 2. The van der Waals surface area contributed by atoms with Gasteiger partial charge in [-0.25, -0.2) is 0 Å². The molecule has 1 fully saturated rings. The molecule has 1 amide bonds. The number of ether oxygens (including phenoxy) is 2. The number of benzene rings is 2. The first-order chi connectivity index (χ1) is 13.9. The van der Waals surface area contributed by atoms with Gasteiger partial charge in [0.25, 0.3) is 11.7 Å². The average molecular weight is 397 g/mol. The number of methoxy groups -OCH3 is 2. The van der Waals surface area contributed by atoms with Gasteiger partial charge in [-0.1, -0.05) is 36.4 Å². The van der Waals surface area contributed by atoms with E-state index < -0.39 is 23.8 Å². The van der Waals surface area contributed by atoms with Crippen LogP contribution >= 0.6 is 0 Å². The number of ketones is 1. The highest BCUT2D eigenvalue weighted by Crippen LogP contribution is 2.41. The van der Waals surface area contributed by atoms with Gasteiger partial charge in [0, 0.05) is 12.1 Å². The highest BCUT2D eigenvalue weighted by molar-refractivity contribution is 6.46.